The van der Waals surface area contributed by atoms with Gasteiger partial charge in [0.1, 0.15) is 0 Å². The molecule has 0 radical (unpaired) electrons. The summed E-state index contributed by atoms with van der Waals surface area (Å²) in [5.74, 6) is 4.31. The first-order valence-corrected chi connectivity index (χ1v) is 13.7. The van der Waals surface area contributed by atoms with Crippen LogP contribution in [0.5, 0.6) is 0 Å². The van der Waals surface area contributed by atoms with E-state index in [1.807, 2.05) is 0 Å². The Morgan fingerprint density at radius 2 is 1.66 bits per heavy atom. The molecular formula is C29H50O3. The van der Waals surface area contributed by atoms with Gasteiger partial charge in [-0.2, -0.15) is 0 Å². The normalized spacial score (nSPS) is 50.7. The molecule has 4 aliphatic carbocycles. The van der Waals surface area contributed by atoms with E-state index in [4.69, 9.17) is 0 Å². The predicted molar refractivity (Wildman–Crippen MR) is 131 cm³/mol. The van der Waals surface area contributed by atoms with Gasteiger partial charge in [0.2, 0.25) is 0 Å². The van der Waals surface area contributed by atoms with Crippen LogP contribution >= 0.6 is 0 Å². The van der Waals surface area contributed by atoms with Crippen LogP contribution in [0.1, 0.15) is 99.3 Å². The third-order valence-electron chi connectivity index (χ3n) is 11.5. The van der Waals surface area contributed by atoms with Gasteiger partial charge in [-0.3, -0.25) is 0 Å². The monoisotopic (exact) mass is 446 g/mol. The Balaban J connectivity index is 1.56. The first-order chi connectivity index (χ1) is 15.0. The summed E-state index contributed by atoms with van der Waals surface area (Å²) in [5, 5.41) is 33.2. The van der Waals surface area contributed by atoms with Gasteiger partial charge in [0, 0.05) is 11.8 Å². The van der Waals surface area contributed by atoms with Crippen molar-refractivity contribution in [2.24, 2.45) is 52.3 Å². The van der Waals surface area contributed by atoms with Crippen LogP contribution in [-0.4, -0.2) is 33.1 Å². The predicted octanol–water partition coefficient (Wildman–Crippen LogP) is 5.97. The first kappa shape index (κ1) is 24.7. The summed E-state index contributed by atoms with van der Waals surface area (Å²) >= 11 is 0. The summed E-state index contributed by atoms with van der Waals surface area (Å²) in [4.78, 5) is 0. The van der Waals surface area contributed by atoms with E-state index in [1.165, 1.54) is 25.7 Å². The lowest BCUT2D eigenvalue weighted by molar-refractivity contribution is -0.264. The standard InChI is InChI=1S/C29H50O3/c1-7-20(18(2)3)9-8-19(4)23-10-11-24-22-16-26(31)29(32)17-21(30)12-15-28(29,6)25(22)13-14-27(23,24)5/h8-9,18-26,30-32H,7,10-17H2,1-6H3/t19-,20+,21+,22+,23-,24+,25+,26-,27-,28-,29+/m1/s1. The largest absolute Gasteiger partial charge is 0.393 e. The minimum atomic E-state index is -1.13. The second kappa shape index (κ2) is 8.68. The Morgan fingerprint density at radius 1 is 0.938 bits per heavy atom. The topological polar surface area (TPSA) is 60.7 Å². The summed E-state index contributed by atoms with van der Waals surface area (Å²) < 4.78 is 0. The third-order valence-corrected chi connectivity index (χ3v) is 11.5. The molecule has 3 nitrogen and oxygen atoms in total. The van der Waals surface area contributed by atoms with Gasteiger partial charge >= 0.3 is 0 Å². The molecule has 4 saturated carbocycles. The highest BCUT2D eigenvalue weighted by molar-refractivity contribution is 5.17. The molecule has 11 atom stereocenters. The van der Waals surface area contributed by atoms with Crippen molar-refractivity contribution in [3.05, 3.63) is 12.2 Å². The Hall–Kier alpha value is -0.380. The fourth-order valence-corrected chi connectivity index (χ4v) is 9.45. The maximum Gasteiger partial charge on any atom is 0.0985 e. The van der Waals surface area contributed by atoms with Crippen LogP contribution in [0.15, 0.2) is 12.2 Å². The van der Waals surface area contributed by atoms with Crippen molar-refractivity contribution in [1.29, 1.82) is 0 Å². The van der Waals surface area contributed by atoms with Gasteiger partial charge in [-0.1, -0.05) is 53.7 Å². The van der Waals surface area contributed by atoms with Crippen LogP contribution in [0.2, 0.25) is 0 Å². The van der Waals surface area contributed by atoms with Crippen LogP contribution in [0.25, 0.3) is 0 Å². The fraction of sp³-hybridized carbons (Fsp3) is 0.931. The molecule has 3 N–H and O–H groups in total. The quantitative estimate of drug-likeness (QED) is 0.456. The van der Waals surface area contributed by atoms with Crippen LogP contribution in [0.4, 0.5) is 0 Å². The van der Waals surface area contributed by atoms with E-state index in [0.717, 1.165) is 19.3 Å². The Bertz CT molecular complexity index is 703. The van der Waals surface area contributed by atoms with E-state index in [9.17, 15) is 15.3 Å². The Morgan fingerprint density at radius 3 is 2.31 bits per heavy atom. The van der Waals surface area contributed by atoms with E-state index >= 15 is 0 Å². The maximum atomic E-state index is 11.6. The van der Waals surface area contributed by atoms with Crippen molar-refractivity contribution in [2.75, 3.05) is 0 Å². The number of rotatable bonds is 5. The van der Waals surface area contributed by atoms with E-state index < -0.39 is 17.8 Å². The van der Waals surface area contributed by atoms with Gasteiger partial charge in [-0.05, 0) is 98.2 Å². The highest BCUT2D eigenvalue weighted by Gasteiger charge is 2.67. The summed E-state index contributed by atoms with van der Waals surface area (Å²) in [5.41, 5.74) is -1.06. The van der Waals surface area contributed by atoms with Crippen LogP contribution in [0.3, 0.4) is 0 Å². The molecule has 4 fully saturated rings. The molecule has 3 heteroatoms. The lowest BCUT2D eigenvalue weighted by Gasteiger charge is -2.65. The van der Waals surface area contributed by atoms with Gasteiger partial charge < -0.3 is 15.3 Å². The maximum absolute atomic E-state index is 11.6. The summed E-state index contributed by atoms with van der Waals surface area (Å²) in [6.07, 6.45) is 12.7. The molecule has 0 spiro atoms. The molecule has 4 rings (SSSR count). The first-order valence-electron chi connectivity index (χ1n) is 13.7. The smallest absolute Gasteiger partial charge is 0.0985 e. The fourth-order valence-electron chi connectivity index (χ4n) is 9.45. The van der Waals surface area contributed by atoms with Crippen molar-refractivity contribution >= 4 is 0 Å². The van der Waals surface area contributed by atoms with Crippen molar-refractivity contribution in [3.8, 4) is 0 Å². The Labute approximate surface area is 197 Å². The van der Waals surface area contributed by atoms with Crippen molar-refractivity contribution in [1.82, 2.24) is 0 Å². The molecule has 0 saturated heterocycles. The Kier molecular flexibility index (Phi) is 6.71. The molecule has 0 aromatic rings. The molecular weight excluding hydrogens is 396 g/mol. The van der Waals surface area contributed by atoms with Crippen LogP contribution in [-0.2, 0) is 0 Å². The number of fused-ring (bicyclic) bond motifs is 5. The molecule has 0 amide bonds. The zero-order chi connectivity index (χ0) is 23.5. The number of hydrogen-bond donors (Lipinski definition) is 3. The van der Waals surface area contributed by atoms with Crippen molar-refractivity contribution < 1.29 is 15.3 Å². The number of aliphatic hydroxyl groups excluding tert-OH is 2. The average Bonchev–Trinajstić information content (AvgIpc) is 3.08. The highest BCUT2D eigenvalue weighted by Crippen LogP contribution is 2.69. The molecule has 32 heavy (non-hydrogen) atoms. The lowest BCUT2D eigenvalue weighted by atomic mass is 9.42. The summed E-state index contributed by atoms with van der Waals surface area (Å²) in [6.45, 7) is 14.2. The summed E-state index contributed by atoms with van der Waals surface area (Å²) in [7, 11) is 0. The second-order valence-corrected chi connectivity index (χ2v) is 13.2. The van der Waals surface area contributed by atoms with Crippen molar-refractivity contribution in [2.45, 2.75) is 117 Å². The molecule has 0 aromatic heterocycles. The van der Waals surface area contributed by atoms with Gasteiger partial charge in [-0.25, -0.2) is 0 Å². The van der Waals surface area contributed by atoms with E-state index in [0.29, 0.717) is 59.7 Å². The molecule has 0 heterocycles. The van der Waals surface area contributed by atoms with Gasteiger partial charge in [0.15, 0.2) is 0 Å². The van der Waals surface area contributed by atoms with E-state index in [2.05, 4.69) is 53.7 Å². The number of allylic oxidation sites excluding steroid dienone is 2. The minimum absolute atomic E-state index is 0.273. The minimum Gasteiger partial charge on any atom is -0.393 e. The molecule has 0 aromatic carbocycles. The van der Waals surface area contributed by atoms with Gasteiger partial charge in [-0.15, -0.1) is 0 Å². The molecule has 4 aliphatic rings. The van der Waals surface area contributed by atoms with E-state index in [-0.39, 0.29) is 5.41 Å². The SMILES string of the molecule is CC[C@@H](C=C[C@@H](C)[C@H]1CC[C@H]2[C@@H]3C[C@@H](O)[C@@]4(O)C[C@@H](O)CC[C@]4(C)[C@H]3CC[C@]12C)C(C)C. The molecule has 0 unspecified atom stereocenters. The van der Waals surface area contributed by atoms with E-state index in [1.54, 1.807) is 0 Å². The second-order valence-electron chi connectivity index (χ2n) is 13.2. The highest BCUT2D eigenvalue weighted by atomic mass is 16.3. The zero-order valence-electron chi connectivity index (χ0n) is 21.6. The number of hydrogen-bond acceptors (Lipinski definition) is 3. The van der Waals surface area contributed by atoms with Gasteiger partial charge in [0.25, 0.3) is 0 Å². The molecule has 0 aliphatic heterocycles. The summed E-state index contributed by atoms with van der Waals surface area (Å²) in [6, 6.07) is 0. The third kappa shape index (κ3) is 3.64. The average molecular weight is 447 g/mol. The van der Waals surface area contributed by atoms with Crippen LogP contribution in [0, 0.1) is 52.3 Å². The van der Waals surface area contributed by atoms with Crippen molar-refractivity contribution in [3.63, 3.8) is 0 Å². The number of aliphatic hydroxyl groups is 3. The zero-order valence-corrected chi connectivity index (χ0v) is 21.6. The lowest BCUT2D eigenvalue weighted by Crippen LogP contribution is -2.68. The van der Waals surface area contributed by atoms with Crippen LogP contribution < -0.4 is 0 Å². The molecule has 184 valence electrons. The van der Waals surface area contributed by atoms with Gasteiger partial charge in [0.05, 0.1) is 17.8 Å². The molecule has 0 bridgehead atoms.